The number of halogens is 1. The Hall–Kier alpha value is -0.770. The smallest absolute Gasteiger partial charge is 0.389 e. The van der Waals surface area contributed by atoms with Crippen LogP contribution in [0.1, 0.15) is 0 Å². The molecule has 1 atom stereocenters. The standard InChI is InChI=1S/C7H11BrN3O6P/c8-5-2-11(7(13)10-6(5)9)1-4(12)3-17-18(14,15)16/h2,4,12H,1,3H2,(H2,9,10,13)(H2,14,15,16)/t4-/m0/s1. The highest BCUT2D eigenvalue weighted by atomic mass is 79.9. The molecule has 1 aromatic heterocycles. The average molecular weight is 344 g/mol. The molecule has 1 heterocycles. The number of hydrogen-bond donors (Lipinski definition) is 4. The molecule has 0 spiro atoms. The number of nitrogens with two attached hydrogens (primary N) is 1. The van der Waals surface area contributed by atoms with Gasteiger partial charge in [0, 0.05) is 6.20 Å². The second kappa shape index (κ2) is 5.91. The van der Waals surface area contributed by atoms with E-state index >= 15 is 0 Å². The molecular weight excluding hydrogens is 333 g/mol. The van der Waals surface area contributed by atoms with Gasteiger partial charge in [-0.25, -0.2) is 9.36 Å². The van der Waals surface area contributed by atoms with Crippen molar-refractivity contribution in [3.8, 4) is 0 Å². The lowest BCUT2D eigenvalue weighted by Gasteiger charge is -2.13. The van der Waals surface area contributed by atoms with E-state index in [0.717, 1.165) is 4.57 Å². The van der Waals surface area contributed by atoms with E-state index in [4.69, 9.17) is 15.5 Å². The first-order valence-electron chi connectivity index (χ1n) is 4.59. The second-order valence-electron chi connectivity index (χ2n) is 3.35. The topological polar surface area (TPSA) is 148 Å². The van der Waals surface area contributed by atoms with E-state index < -0.39 is 26.2 Å². The van der Waals surface area contributed by atoms with Crippen molar-refractivity contribution >= 4 is 29.6 Å². The number of nitrogen functional groups attached to an aromatic ring is 1. The number of aliphatic hydroxyl groups excluding tert-OH is 1. The predicted octanol–water partition coefficient (Wildman–Crippen LogP) is -0.942. The fraction of sp³-hybridized carbons (Fsp3) is 0.429. The normalized spacial score (nSPS) is 13.6. The van der Waals surface area contributed by atoms with Gasteiger partial charge in [0.15, 0.2) is 0 Å². The molecule has 0 aliphatic heterocycles. The van der Waals surface area contributed by atoms with Crippen LogP contribution in [0.3, 0.4) is 0 Å². The third-order valence-corrected chi connectivity index (χ3v) is 2.91. The first-order valence-corrected chi connectivity index (χ1v) is 6.92. The molecule has 102 valence electrons. The maximum atomic E-state index is 11.4. The summed E-state index contributed by atoms with van der Waals surface area (Å²) >= 11 is 3.06. The number of hydrogen-bond acceptors (Lipinski definition) is 6. The lowest BCUT2D eigenvalue weighted by atomic mass is 10.4. The minimum atomic E-state index is -4.65. The monoisotopic (exact) mass is 343 g/mol. The third kappa shape index (κ3) is 4.84. The first kappa shape index (κ1) is 15.3. The van der Waals surface area contributed by atoms with Gasteiger partial charge in [-0.2, -0.15) is 4.98 Å². The fourth-order valence-electron chi connectivity index (χ4n) is 1.07. The van der Waals surface area contributed by atoms with Crippen LogP contribution in [-0.2, 0) is 15.6 Å². The van der Waals surface area contributed by atoms with Gasteiger partial charge in [-0.1, -0.05) is 0 Å². The predicted molar refractivity (Wildman–Crippen MR) is 64.6 cm³/mol. The van der Waals surface area contributed by atoms with Crippen LogP contribution in [0.2, 0.25) is 0 Å². The summed E-state index contributed by atoms with van der Waals surface area (Å²) in [6, 6.07) is 0. The van der Waals surface area contributed by atoms with E-state index in [1.54, 1.807) is 0 Å². The minimum Gasteiger partial charge on any atom is -0.389 e. The molecule has 0 aromatic carbocycles. The quantitative estimate of drug-likeness (QED) is 0.500. The number of phosphoric acid groups is 1. The maximum absolute atomic E-state index is 11.4. The van der Waals surface area contributed by atoms with Crippen molar-refractivity contribution in [1.29, 1.82) is 0 Å². The SMILES string of the molecule is Nc1nc(=O)n(C[C@H](O)COP(=O)(O)O)cc1Br. The molecule has 11 heteroatoms. The van der Waals surface area contributed by atoms with Crippen LogP contribution < -0.4 is 11.4 Å². The van der Waals surface area contributed by atoms with Gasteiger partial charge in [0.2, 0.25) is 0 Å². The summed E-state index contributed by atoms with van der Waals surface area (Å²) in [7, 11) is -4.65. The molecule has 0 unspecified atom stereocenters. The van der Waals surface area contributed by atoms with Crippen LogP contribution in [0.15, 0.2) is 15.5 Å². The molecule has 9 nitrogen and oxygen atoms in total. The minimum absolute atomic E-state index is 0.0113. The zero-order valence-corrected chi connectivity index (χ0v) is 11.4. The molecule has 0 aliphatic carbocycles. The van der Waals surface area contributed by atoms with Crippen molar-refractivity contribution in [3.05, 3.63) is 21.2 Å². The Morgan fingerprint density at radius 1 is 1.61 bits per heavy atom. The van der Waals surface area contributed by atoms with Crippen LogP contribution in [0.5, 0.6) is 0 Å². The van der Waals surface area contributed by atoms with Gasteiger partial charge in [0.05, 0.1) is 23.7 Å². The summed E-state index contributed by atoms with van der Waals surface area (Å²) in [6.45, 7) is -0.844. The molecule has 1 aromatic rings. The summed E-state index contributed by atoms with van der Waals surface area (Å²) in [6.07, 6.45) is 0.0402. The van der Waals surface area contributed by atoms with Gasteiger partial charge in [-0.3, -0.25) is 9.09 Å². The Morgan fingerprint density at radius 2 is 2.22 bits per heavy atom. The zero-order chi connectivity index (χ0) is 13.9. The Bertz CT molecular complexity index is 528. The molecule has 0 amide bonds. The highest BCUT2D eigenvalue weighted by Crippen LogP contribution is 2.35. The van der Waals surface area contributed by atoms with Crippen molar-refractivity contribution in [1.82, 2.24) is 9.55 Å². The Balaban J connectivity index is 2.71. The number of nitrogens with zero attached hydrogens (tertiary/aromatic N) is 2. The van der Waals surface area contributed by atoms with E-state index in [1.165, 1.54) is 6.20 Å². The van der Waals surface area contributed by atoms with Crippen molar-refractivity contribution in [2.45, 2.75) is 12.6 Å². The summed E-state index contributed by atoms with van der Waals surface area (Å²) in [4.78, 5) is 31.7. The molecule has 0 bridgehead atoms. The number of aliphatic hydroxyl groups is 1. The van der Waals surface area contributed by atoms with E-state index in [2.05, 4.69) is 25.4 Å². The Labute approximate surface area is 110 Å². The summed E-state index contributed by atoms with van der Waals surface area (Å²) in [5.41, 5.74) is 4.69. The molecular formula is C7H11BrN3O6P. The number of anilines is 1. The fourth-order valence-corrected chi connectivity index (χ4v) is 1.77. The zero-order valence-electron chi connectivity index (χ0n) is 8.93. The molecule has 1 rings (SSSR count). The van der Waals surface area contributed by atoms with Gasteiger partial charge in [-0.05, 0) is 15.9 Å². The van der Waals surface area contributed by atoms with Crippen molar-refractivity contribution in [2.24, 2.45) is 0 Å². The lowest BCUT2D eigenvalue weighted by Crippen LogP contribution is -2.30. The van der Waals surface area contributed by atoms with Crippen LogP contribution in [0.4, 0.5) is 5.82 Å². The largest absolute Gasteiger partial charge is 0.469 e. The highest BCUT2D eigenvalue weighted by molar-refractivity contribution is 9.10. The van der Waals surface area contributed by atoms with Crippen LogP contribution in [0.25, 0.3) is 0 Å². The molecule has 5 N–H and O–H groups in total. The molecule has 0 saturated heterocycles. The van der Waals surface area contributed by atoms with Crippen molar-refractivity contribution < 1.29 is 24.0 Å². The lowest BCUT2D eigenvalue weighted by molar-refractivity contribution is 0.0723. The van der Waals surface area contributed by atoms with E-state index in [-0.39, 0.29) is 12.4 Å². The van der Waals surface area contributed by atoms with Gasteiger partial charge in [0.25, 0.3) is 0 Å². The first-order chi connectivity index (χ1) is 8.19. The molecule has 18 heavy (non-hydrogen) atoms. The Morgan fingerprint density at radius 3 is 2.78 bits per heavy atom. The molecule has 0 aliphatic rings. The van der Waals surface area contributed by atoms with Crippen molar-refractivity contribution in [3.63, 3.8) is 0 Å². The van der Waals surface area contributed by atoms with Crippen LogP contribution >= 0.6 is 23.8 Å². The number of aromatic nitrogens is 2. The van der Waals surface area contributed by atoms with Gasteiger partial charge in [-0.15, -0.1) is 0 Å². The van der Waals surface area contributed by atoms with E-state index in [9.17, 15) is 14.5 Å². The summed E-state index contributed by atoms with van der Waals surface area (Å²) in [5.74, 6) is 0.0113. The Kier molecular flexibility index (Phi) is 5.02. The van der Waals surface area contributed by atoms with Gasteiger partial charge >= 0.3 is 13.5 Å². The summed E-state index contributed by atoms with van der Waals surface area (Å²) in [5, 5.41) is 9.45. The van der Waals surface area contributed by atoms with E-state index in [1.807, 2.05) is 0 Å². The maximum Gasteiger partial charge on any atom is 0.469 e. The van der Waals surface area contributed by atoms with Gasteiger partial charge in [0.1, 0.15) is 5.82 Å². The summed E-state index contributed by atoms with van der Waals surface area (Å²) < 4.78 is 15.9. The van der Waals surface area contributed by atoms with Gasteiger partial charge < -0.3 is 20.6 Å². The second-order valence-corrected chi connectivity index (χ2v) is 5.44. The molecule has 0 saturated carbocycles. The average Bonchev–Trinajstić information content (AvgIpc) is 2.22. The molecule has 0 radical (unpaired) electrons. The highest BCUT2D eigenvalue weighted by Gasteiger charge is 2.17. The van der Waals surface area contributed by atoms with Crippen molar-refractivity contribution in [2.75, 3.05) is 12.3 Å². The van der Waals surface area contributed by atoms with E-state index in [0.29, 0.717) is 4.47 Å². The number of phosphoric ester groups is 1. The van der Waals surface area contributed by atoms with Crippen LogP contribution in [-0.4, -0.2) is 37.2 Å². The molecule has 0 fully saturated rings. The van der Waals surface area contributed by atoms with Crippen LogP contribution in [0, 0.1) is 0 Å². The third-order valence-electron chi connectivity index (χ3n) is 1.82. The number of rotatable bonds is 5.